The Balaban J connectivity index is 1.76. The van der Waals surface area contributed by atoms with Gasteiger partial charge in [-0.3, -0.25) is 4.79 Å². The Morgan fingerprint density at radius 1 is 0.946 bits per heavy atom. The molecule has 2 heterocycles. The van der Waals surface area contributed by atoms with Gasteiger partial charge in [-0.2, -0.15) is 0 Å². The van der Waals surface area contributed by atoms with E-state index in [0.29, 0.717) is 11.1 Å². The van der Waals surface area contributed by atoms with Gasteiger partial charge in [-0.15, -0.1) is 13.2 Å². The summed E-state index contributed by atoms with van der Waals surface area (Å²) >= 11 is 0. The molecule has 0 aliphatic carbocycles. The predicted molar refractivity (Wildman–Crippen MR) is 136 cm³/mol. The van der Waals surface area contributed by atoms with Crippen LogP contribution in [0.4, 0.5) is 13.2 Å². The maximum absolute atomic E-state index is 13.7. The summed E-state index contributed by atoms with van der Waals surface area (Å²) in [6.45, 7) is -0.440. The van der Waals surface area contributed by atoms with E-state index in [1.54, 1.807) is 6.07 Å². The van der Waals surface area contributed by atoms with E-state index in [1.807, 2.05) is 0 Å². The topological polar surface area (TPSA) is 64.6 Å². The number of fused-ring (bicyclic) bond motifs is 1. The second-order valence-electron chi connectivity index (χ2n) is 8.26. The number of carbonyl (C=O) groups excluding carboxylic acids is 1. The van der Waals surface area contributed by atoms with Crippen molar-refractivity contribution in [1.82, 2.24) is 14.9 Å². The lowest BCUT2D eigenvalue weighted by molar-refractivity contribution is -0.274. The van der Waals surface area contributed by atoms with Crippen LogP contribution < -0.4 is 26.1 Å². The van der Waals surface area contributed by atoms with Gasteiger partial charge in [0.2, 0.25) is 0 Å². The number of benzene rings is 2. The molecule has 1 aliphatic rings. The second kappa shape index (κ2) is 9.29. The van der Waals surface area contributed by atoms with Crippen molar-refractivity contribution in [2.24, 2.45) is 0 Å². The largest absolute Gasteiger partial charge is 0.573 e. The minimum atomic E-state index is -4.84. The Hall–Kier alpha value is -3.17. The van der Waals surface area contributed by atoms with Gasteiger partial charge in [-0.25, -0.2) is 9.97 Å². The quantitative estimate of drug-likeness (QED) is 0.418. The van der Waals surface area contributed by atoms with E-state index in [0.717, 1.165) is 17.0 Å². The second-order valence-corrected chi connectivity index (χ2v) is 8.26. The Morgan fingerprint density at radius 3 is 2.08 bits per heavy atom. The highest BCUT2D eigenvalue weighted by Crippen LogP contribution is 2.36. The molecule has 0 spiro atoms. The van der Waals surface area contributed by atoms with Crippen LogP contribution in [0, 0.1) is 0 Å². The van der Waals surface area contributed by atoms with Gasteiger partial charge in [0.15, 0.2) is 0 Å². The summed E-state index contributed by atoms with van der Waals surface area (Å²) in [5, 5.41) is -4.40. The van der Waals surface area contributed by atoms with Gasteiger partial charge in [-0.05, 0) is 51.9 Å². The van der Waals surface area contributed by atoms with Crippen LogP contribution in [-0.2, 0) is 5.34 Å². The van der Waals surface area contributed by atoms with Gasteiger partial charge >= 0.3 is 6.36 Å². The van der Waals surface area contributed by atoms with Crippen LogP contribution in [0.15, 0.2) is 42.5 Å². The molecule has 168 valence electrons. The lowest BCUT2D eigenvalue weighted by atomic mass is 9.52. The van der Waals surface area contributed by atoms with Crippen LogP contribution in [0.25, 0.3) is 11.1 Å². The van der Waals surface area contributed by atoms with Crippen molar-refractivity contribution in [2.45, 2.75) is 17.0 Å². The first-order chi connectivity index (χ1) is 17.1. The first-order valence-corrected chi connectivity index (χ1v) is 10.4. The molecule has 0 fully saturated rings. The maximum Gasteiger partial charge on any atom is 0.573 e. The van der Waals surface area contributed by atoms with Crippen LogP contribution in [0.3, 0.4) is 0 Å². The van der Waals surface area contributed by atoms with E-state index in [1.165, 1.54) is 24.3 Å². The zero-order chi connectivity index (χ0) is 27.3. The number of ether oxygens (including phenoxy) is 2. The van der Waals surface area contributed by atoms with Gasteiger partial charge in [0.25, 0.3) is 5.91 Å². The zero-order valence-corrected chi connectivity index (χ0v) is 19.0. The SMILES string of the molecule is [B]c1nc(C([B])([B])N2C(=O)c3cc(-c4ccc(OC(F)(F)F)cc4)ccc3OCC2([B])[B])nc([B])c1[B]. The Labute approximate surface area is 220 Å². The van der Waals surface area contributed by atoms with E-state index in [4.69, 9.17) is 59.7 Å². The van der Waals surface area contributed by atoms with Crippen molar-refractivity contribution in [2.75, 3.05) is 6.61 Å². The number of amides is 1. The number of hydrogen-bond acceptors (Lipinski definition) is 5. The van der Waals surface area contributed by atoms with Crippen molar-refractivity contribution in [3.8, 4) is 22.6 Å². The summed E-state index contributed by atoms with van der Waals surface area (Å²) in [5.74, 6) is -1.57. The number of hydrogen-bond donors (Lipinski definition) is 0. The molecular formula is C21H9B7F3N3O3. The van der Waals surface area contributed by atoms with Crippen LogP contribution in [0.2, 0.25) is 0 Å². The van der Waals surface area contributed by atoms with Gasteiger partial charge < -0.3 is 14.4 Å². The van der Waals surface area contributed by atoms with E-state index in [9.17, 15) is 18.0 Å². The number of rotatable bonds is 4. The minimum absolute atomic E-state index is 0.0532. The van der Waals surface area contributed by atoms with Crippen molar-refractivity contribution in [3.63, 3.8) is 0 Å². The fraction of sp³-hybridized carbons (Fsp3) is 0.190. The number of alkyl halides is 3. The molecule has 1 aromatic heterocycles. The third-order valence-corrected chi connectivity index (χ3v) is 5.44. The molecule has 3 aromatic rings. The highest BCUT2D eigenvalue weighted by Gasteiger charge is 2.45. The third kappa shape index (κ3) is 5.29. The summed E-state index contributed by atoms with van der Waals surface area (Å²) in [7, 11) is 42.2. The zero-order valence-electron chi connectivity index (χ0n) is 19.0. The number of carbonyl (C=O) groups is 1. The maximum atomic E-state index is 13.7. The molecule has 0 saturated heterocycles. The summed E-state index contributed by atoms with van der Waals surface area (Å²) in [5.41, 5.74) is 0.263. The average molecular weight is 484 g/mol. The van der Waals surface area contributed by atoms with E-state index in [2.05, 4.69) is 14.7 Å². The first-order valence-electron chi connectivity index (χ1n) is 10.4. The van der Waals surface area contributed by atoms with E-state index in [-0.39, 0.29) is 28.0 Å². The van der Waals surface area contributed by atoms with Crippen LogP contribution in [-0.4, -0.2) is 94.0 Å². The molecule has 1 aliphatic heterocycles. The standard InChI is InChI=1S/C21H9B7F3N3O3/c22-14-15(23)32-18(33-16(14)24)20(27,28)34-17(35)12-7-10(3-6-13(12)36-8-19(34,25)26)9-1-4-11(5-2-9)37-21(29,30)31/h1-7H,8H2. The summed E-state index contributed by atoms with van der Waals surface area (Å²) < 4.78 is 46.9. The summed E-state index contributed by atoms with van der Waals surface area (Å²) in [4.78, 5) is 22.3. The molecule has 14 radical (unpaired) electrons. The highest BCUT2D eigenvalue weighted by atomic mass is 19.4. The molecule has 0 saturated carbocycles. The highest BCUT2D eigenvalue weighted by molar-refractivity contribution is 6.55. The Morgan fingerprint density at radius 2 is 1.51 bits per heavy atom. The van der Waals surface area contributed by atoms with Crippen molar-refractivity contribution in [3.05, 3.63) is 53.9 Å². The molecule has 0 bridgehead atoms. The summed E-state index contributed by atoms with van der Waals surface area (Å²) in [6, 6.07) is 9.47. The number of halogens is 3. The molecule has 0 unspecified atom stereocenters. The molecular weight excluding hydrogens is 475 g/mol. The molecule has 0 atom stereocenters. The lowest BCUT2D eigenvalue weighted by Crippen LogP contribution is -2.66. The van der Waals surface area contributed by atoms with Gasteiger partial charge in [-0.1, -0.05) is 23.7 Å². The lowest BCUT2D eigenvalue weighted by Gasteiger charge is -2.48. The fourth-order valence-corrected chi connectivity index (χ4v) is 3.72. The molecule has 2 aromatic carbocycles. The first kappa shape index (κ1) is 26.9. The van der Waals surface area contributed by atoms with Crippen molar-refractivity contribution < 1.29 is 27.4 Å². The average Bonchev–Trinajstić information content (AvgIpc) is 2.89. The monoisotopic (exact) mass is 485 g/mol. The van der Waals surface area contributed by atoms with Gasteiger partial charge in [0.1, 0.15) is 56.6 Å². The molecule has 1 amide bonds. The smallest absolute Gasteiger partial charge is 0.492 e. The van der Waals surface area contributed by atoms with Crippen LogP contribution >= 0.6 is 0 Å². The minimum Gasteiger partial charge on any atom is -0.492 e. The Kier molecular flexibility index (Phi) is 6.75. The van der Waals surface area contributed by atoms with Crippen LogP contribution in [0.5, 0.6) is 11.5 Å². The molecule has 4 rings (SSSR count). The Bertz CT molecular complexity index is 1350. The molecule has 16 heteroatoms. The normalized spacial score (nSPS) is 15.4. The summed E-state index contributed by atoms with van der Waals surface area (Å²) in [6.07, 6.45) is -4.84. The molecule has 37 heavy (non-hydrogen) atoms. The van der Waals surface area contributed by atoms with Gasteiger partial charge in [0, 0.05) is 5.34 Å². The van der Waals surface area contributed by atoms with E-state index >= 15 is 0 Å². The number of nitrogens with zero attached hydrogens (tertiary/aromatic N) is 3. The number of aromatic nitrogens is 2. The van der Waals surface area contributed by atoms with Gasteiger partial charge in [0.05, 0.1) is 27.9 Å². The fourth-order valence-electron chi connectivity index (χ4n) is 3.72. The van der Waals surface area contributed by atoms with Crippen molar-refractivity contribution in [1.29, 1.82) is 0 Å². The van der Waals surface area contributed by atoms with E-state index < -0.39 is 41.1 Å². The molecule has 6 nitrogen and oxygen atoms in total. The van der Waals surface area contributed by atoms with Crippen molar-refractivity contribution >= 4 is 77.5 Å². The predicted octanol–water partition coefficient (Wildman–Crippen LogP) is -1.60. The van der Waals surface area contributed by atoms with Crippen LogP contribution in [0.1, 0.15) is 16.2 Å². The third-order valence-electron chi connectivity index (χ3n) is 5.44. The molecule has 0 N–H and O–H groups in total.